The van der Waals surface area contributed by atoms with E-state index < -0.39 is 5.41 Å². The van der Waals surface area contributed by atoms with Gasteiger partial charge < -0.3 is 9.80 Å². The summed E-state index contributed by atoms with van der Waals surface area (Å²) in [5.41, 5.74) is 0.454. The number of hydrogen-bond acceptors (Lipinski definition) is 3. The van der Waals surface area contributed by atoms with E-state index in [1.807, 2.05) is 30.6 Å². The highest BCUT2D eigenvalue weighted by atomic mass is 19.1. The van der Waals surface area contributed by atoms with E-state index in [-0.39, 0.29) is 17.6 Å². The second kappa shape index (κ2) is 12.3. The van der Waals surface area contributed by atoms with Crippen LogP contribution in [0.2, 0.25) is 0 Å². The third-order valence-corrected chi connectivity index (χ3v) is 6.33. The highest BCUT2D eigenvalue weighted by molar-refractivity contribution is 5.81. The second-order valence-corrected chi connectivity index (χ2v) is 10.0. The highest BCUT2D eigenvalue weighted by Crippen LogP contribution is 2.20. The lowest BCUT2D eigenvalue weighted by Gasteiger charge is -2.38. The molecule has 1 atom stereocenters. The Balaban J connectivity index is 1.91. The fraction of sp³-hybridized carbons (Fsp3) is 0.692. The molecule has 1 saturated heterocycles. The van der Waals surface area contributed by atoms with Crippen molar-refractivity contribution in [2.24, 2.45) is 11.3 Å². The van der Waals surface area contributed by atoms with Crippen LogP contribution in [0.15, 0.2) is 24.3 Å². The lowest BCUT2D eigenvalue weighted by Crippen LogP contribution is -2.52. The largest absolute Gasteiger partial charge is 0.340 e. The number of rotatable bonds is 10. The van der Waals surface area contributed by atoms with Crippen LogP contribution in [0.1, 0.15) is 65.9 Å². The molecule has 1 aromatic carbocycles. The van der Waals surface area contributed by atoms with Crippen LogP contribution in [0.5, 0.6) is 0 Å². The van der Waals surface area contributed by atoms with Crippen molar-refractivity contribution >= 4 is 11.8 Å². The molecular weight excluding hydrogens is 405 g/mol. The van der Waals surface area contributed by atoms with E-state index in [0.717, 1.165) is 64.0 Å². The summed E-state index contributed by atoms with van der Waals surface area (Å²) in [6.45, 7) is 15.1. The highest BCUT2D eigenvalue weighted by Gasteiger charge is 2.29. The minimum atomic E-state index is -0.473. The zero-order valence-electron chi connectivity index (χ0n) is 20.7. The van der Waals surface area contributed by atoms with Crippen LogP contribution in [-0.4, -0.2) is 65.8 Å². The molecule has 0 N–H and O–H groups in total. The van der Waals surface area contributed by atoms with E-state index in [9.17, 15) is 14.0 Å². The molecule has 6 heteroatoms. The normalized spacial score (nSPS) is 16.1. The lowest BCUT2D eigenvalue weighted by molar-refractivity contribution is -0.140. The summed E-state index contributed by atoms with van der Waals surface area (Å²) in [5, 5.41) is 0. The van der Waals surface area contributed by atoms with Gasteiger partial charge in [-0.05, 0) is 30.5 Å². The molecule has 2 rings (SSSR count). The SMILES string of the molecule is CCCCC(CC)C(=O)N1CCN(CCN(Cc2ccc(F)cc2)C(=O)C(C)(C)C)CC1. The molecule has 180 valence electrons. The molecule has 0 saturated carbocycles. The topological polar surface area (TPSA) is 43.9 Å². The van der Waals surface area contributed by atoms with Crippen LogP contribution in [0.3, 0.4) is 0 Å². The number of piperazine rings is 1. The average molecular weight is 448 g/mol. The quantitative estimate of drug-likeness (QED) is 0.528. The van der Waals surface area contributed by atoms with E-state index in [0.29, 0.717) is 19.0 Å². The molecule has 1 aromatic rings. The molecule has 0 spiro atoms. The predicted octanol–water partition coefficient (Wildman–Crippen LogP) is 4.56. The summed E-state index contributed by atoms with van der Waals surface area (Å²) < 4.78 is 13.3. The summed E-state index contributed by atoms with van der Waals surface area (Å²) in [5.74, 6) is 0.283. The molecule has 0 aliphatic carbocycles. The number of carbonyl (C=O) groups is 2. The molecule has 1 aliphatic rings. The monoisotopic (exact) mass is 447 g/mol. The summed E-state index contributed by atoms with van der Waals surface area (Å²) in [6, 6.07) is 6.36. The Bertz CT molecular complexity index is 722. The Morgan fingerprint density at radius 1 is 1.06 bits per heavy atom. The molecule has 1 aliphatic heterocycles. The maximum atomic E-state index is 13.3. The van der Waals surface area contributed by atoms with Gasteiger partial charge in [0.05, 0.1) is 0 Å². The van der Waals surface area contributed by atoms with Gasteiger partial charge in [-0.1, -0.05) is 59.6 Å². The van der Waals surface area contributed by atoms with Crippen LogP contribution in [0.25, 0.3) is 0 Å². The molecular formula is C26H42FN3O2. The first-order valence-corrected chi connectivity index (χ1v) is 12.2. The van der Waals surface area contributed by atoms with E-state index in [4.69, 9.17) is 0 Å². The Morgan fingerprint density at radius 3 is 2.22 bits per heavy atom. The fourth-order valence-electron chi connectivity index (χ4n) is 4.20. The molecule has 32 heavy (non-hydrogen) atoms. The molecule has 0 aromatic heterocycles. The van der Waals surface area contributed by atoms with E-state index >= 15 is 0 Å². The van der Waals surface area contributed by atoms with Crippen molar-refractivity contribution in [2.75, 3.05) is 39.3 Å². The van der Waals surface area contributed by atoms with Crippen molar-refractivity contribution in [2.45, 2.75) is 66.8 Å². The van der Waals surface area contributed by atoms with Gasteiger partial charge in [-0.15, -0.1) is 0 Å². The van der Waals surface area contributed by atoms with Crippen LogP contribution >= 0.6 is 0 Å². The minimum Gasteiger partial charge on any atom is -0.340 e. The van der Waals surface area contributed by atoms with Gasteiger partial charge in [-0.3, -0.25) is 14.5 Å². The number of amides is 2. The van der Waals surface area contributed by atoms with Crippen molar-refractivity contribution in [3.05, 3.63) is 35.6 Å². The summed E-state index contributed by atoms with van der Waals surface area (Å²) in [7, 11) is 0. The average Bonchev–Trinajstić information content (AvgIpc) is 2.77. The molecule has 0 radical (unpaired) electrons. The first-order chi connectivity index (χ1) is 15.2. The van der Waals surface area contributed by atoms with E-state index in [2.05, 4.69) is 18.7 Å². The van der Waals surface area contributed by atoms with E-state index in [1.54, 1.807) is 12.1 Å². The summed E-state index contributed by atoms with van der Waals surface area (Å²) >= 11 is 0. The first-order valence-electron chi connectivity index (χ1n) is 12.2. The van der Waals surface area contributed by atoms with Gasteiger partial charge in [0.15, 0.2) is 0 Å². The Morgan fingerprint density at radius 2 is 1.69 bits per heavy atom. The molecule has 1 heterocycles. The third kappa shape index (κ3) is 7.88. The predicted molar refractivity (Wildman–Crippen MR) is 128 cm³/mol. The Kier molecular flexibility index (Phi) is 10.1. The van der Waals surface area contributed by atoms with Gasteiger partial charge in [-0.25, -0.2) is 4.39 Å². The minimum absolute atomic E-state index is 0.0948. The molecule has 2 amide bonds. The standard InChI is InChI=1S/C26H42FN3O2/c1-6-8-9-22(7-2)24(31)29-17-14-28(15-18-29)16-19-30(25(32)26(3,4)5)20-21-10-12-23(27)13-11-21/h10-13,22H,6-9,14-20H2,1-5H3. The molecule has 1 fully saturated rings. The zero-order valence-corrected chi connectivity index (χ0v) is 20.7. The number of carbonyl (C=O) groups excluding carboxylic acids is 2. The van der Waals surface area contributed by atoms with Gasteiger partial charge in [0.2, 0.25) is 11.8 Å². The number of unbranched alkanes of at least 4 members (excludes halogenated alkanes) is 1. The Labute approximate surface area is 193 Å². The molecule has 0 bridgehead atoms. The lowest BCUT2D eigenvalue weighted by atomic mass is 9.94. The van der Waals surface area contributed by atoms with Gasteiger partial charge in [-0.2, -0.15) is 0 Å². The van der Waals surface area contributed by atoms with Crippen molar-refractivity contribution in [1.82, 2.24) is 14.7 Å². The summed E-state index contributed by atoms with van der Waals surface area (Å²) in [4.78, 5) is 32.1. The Hall–Kier alpha value is -1.95. The van der Waals surface area contributed by atoms with Crippen LogP contribution < -0.4 is 0 Å². The van der Waals surface area contributed by atoms with Gasteiger partial charge in [0, 0.05) is 57.1 Å². The smallest absolute Gasteiger partial charge is 0.228 e. The first kappa shape index (κ1) is 26.3. The van der Waals surface area contributed by atoms with Gasteiger partial charge >= 0.3 is 0 Å². The van der Waals surface area contributed by atoms with Crippen LogP contribution in [0, 0.1) is 17.2 Å². The van der Waals surface area contributed by atoms with Crippen LogP contribution in [0.4, 0.5) is 4.39 Å². The second-order valence-electron chi connectivity index (χ2n) is 10.0. The summed E-state index contributed by atoms with van der Waals surface area (Å²) in [6.07, 6.45) is 4.13. The number of hydrogen-bond donors (Lipinski definition) is 0. The van der Waals surface area contributed by atoms with Crippen molar-refractivity contribution in [1.29, 1.82) is 0 Å². The zero-order chi connectivity index (χ0) is 23.7. The van der Waals surface area contributed by atoms with Gasteiger partial charge in [0.25, 0.3) is 0 Å². The van der Waals surface area contributed by atoms with Crippen molar-refractivity contribution in [3.8, 4) is 0 Å². The maximum absolute atomic E-state index is 13.3. The van der Waals surface area contributed by atoms with Crippen molar-refractivity contribution < 1.29 is 14.0 Å². The third-order valence-electron chi connectivity index (χ3n) is 6.33. The molecule has 1 unspecified atom stereocenters. The van der Waals surface area contributed by atoms with E-state index in [1.165, 1.54) is 12.1 Å². The number of halogens is 1. The fourth-order valence-corrected chi connectivity index (χ4v) is 4.20. The number of nitrogens with zero attached hydrogens (tertiary/aromatic N) is 3. The van der Waals surface area contributed by atoms with Crippen molar-refractivity contribution in [3.63, 3.8) is 0 Å². The molecule has 5 nitrogen and oxygen atoms in total. The maximum Gasteiger partial charge on any atom is 0.228 e. The van der Waals surface area contributed by atoms with Crippen LogP contribution in [-0.2, 0) is 16.1 Å². The van der Waals surface area contributed by atoms with Gasteiger partial charge in [0.1, 0.15) is 5.82 Å². The number of benzene rings is 1.